The van der Waals surface area contributed by atoms with Gasteiger partial charge in [-0.05, 0) is 12.5 Å². The van der Waals surface area contributed by atoms with Crippen molar-refractivity contribution in [3.8, 4) is 17.3 Å². The van der Waals surface area contributed by atoms with E-state index in [-0.39, 0.29) is 23.6 Å². The van der Waals surface area contributed by atoms with Crippen LogP contribution in [0.4, 0.5) is 23.8 Å². The number of nitrogens with one attached hydrogen (secondary N) is 1. The number of halogens is 3. The number of nitrogens with two attached hydrogens (primary N) is 1. The van der Waals surface area contributed by atoms with Crippen molar-refractivity contribution < 1.29 is 23.1 Å². The highest BCUT2D eigenvalue weighted by Gasteiger charge is 2.40. The molecule has 0 aliphatic carbocycles. The maximum absolute atomic E-state index is 12.9. The molecule has 0 saturated heterocycles. The van der Waals surface area contributed by atoms with Crippen LogP contribution in [0.1, 0.15) is 24.1 Å². The minimum Gasteiger partial charge on any atom is -0.465 e. The number of benzene rings is 1. The summed E-state index contributed by atoms with van der Waals surface area (Å²) in [6.45, 7) is 0.970. The Kier molecular flexibility index (Phi) is 4.87. The van der Waals surface area contributed by atoms with Crippen LogP contribution in [0.2, 0.25) is 0 Å². The van der Waals surface area contributed by atoms with Gasteiger partial charge in [-0.25, -0.2) is 9.48 Å². The molecule has 1 amide bonds. The molecule has 2 rings (SSSR count). The van der Waals surface area contributed by atoms with Gasteiger partial charge in [-0.1, -0.05) is 24.3 Å². The van der Waals surface area contributed by atoms with Crippen molar-refractivity contribution in [2.75, 3.05) is 5.73 Å². The standard InChI is InChI=1S/C15H14F3N5O2/c1-8(15(16,17)18)23-13(20)11(6-19)12(22-23)10-4-2-9(3-5-10)7-21-14(24)25/h2-5,8,21H,7,20H2,1H3,(H,24,25)/t8-/m0/s1. The summed E-state index contributed by atoms with van der Waals surface area (Å²) >= 11 is 0. The zero-order valence-electron chi connectivity index (χ0n) is 13.0. The molecular formula is C15H14F3N5O2. The first kappa shape index (κ1) is 18.1. The van der Waals surface area contributed by atoms with Crippen molar-refractivity contribution in [1.29, 1.82) is 5.26 Å². The summed E-state index contributed by atoms with van der Waals surface area (Å²) < 4.78 is 39.3. The number of carbonyl (C=O) groups is 1. The molecule has 0 aliphatic rings. The minimum absolute atomic E-state index is 0.0360. The van der Waals surface area contributed by atoms with E-state index in [1.807, 2.05) is 0 Å². The van der Waals surface area contributed by atoms with Gasteiger partial charge in [0.15, 0.2) is 0 Å². The molecule has 0 unspecified atom stereocenters. The Morgan fingerprint density at radius 3 is 2.52 bits per heavy atom. The van der Waals surface area contributed by atoms with Crippen molar-refractivity contribution >= 4 is 11.9 Å². The molecule has 1 heterocycles. The summed E-state index contributed by atoms with van der Waals surface area (Å²) in [6.07, 6.45) is -5.74. The molecule has 0 radical (unpaired) electrons. The van der Waals surface area contributed by atoms with Gasteiger partial charge in [-0.2, -0.15) is 23.5 Å². The van der Waals surface area contributed by atoms with E-state index in [1.54, 1.807) is 18.2 Å². The molecule has 0 bridgehead atoms. The predicted molar refractivity (Wildman–Crippen MR) is 82.4 cm³/mol. The van der Waals surface area contributed by atoms with Gasteiger partial charge in [0, 0.05) is 12.1 Å². The lowest BCUT2D eigenvalue weighted by Crippen LogP contribution is -2.25. The van der Waals surface area contributed by atoms with E-state index in [0.717, 1.165) is 6.92 Å². The molecule has 25 heavy (non-hydrogen) atoms. The molecule has 4 N–H and O–H groups in total. The van der Waals surface area contributed by atoms with Crippen LogP contribution < -0.4 is 11.1 Å². The number of nitrogens with zero attached hydrogens (tertiary/aromatic N) is 3. The second-order valence-corrected chi connectivity index (χ2v) is 5.24. The second-order valence-electron chi connectivity index (χ2n) is 5.24. The van der Waals surface area contributed by atoms with Crippen molar-refractivity contribution in [3.05, 3.63) is 35.4 Å². The van der Waals surface area contributed by atoms with Gasteiger partial charge in [0.25, 0.3) is 0 Å². The van der Waals surface area contributed by atoms with Crippen LogP contribution in [0.15, 0.2) is 24.3 Å². The molecule has 0 spiro atoms. The van der Waals surface area contributed by atoms with Gasteiger partial charge in [0.05, 0.1) is 0 Å². The van der Waals surface area contributed by atoms with Gasteiger partial charge >= 0.3 is 12.3 Å². The van der Waals surface area contributed by atoms with E-state index < -0.39 is 18.3 Å². The summed E-state index contributed by atoms with van der Waals surface area (Å²) in [5.41, 5.74) is 6.59. The van der Waals surface area contributed by atoms with Crippen LogP contribution in [0.5, 0.6) is 0 Å². The van der Waals surface area contributed by atoms with Crippen LogP contribution in [-0.4, -0.2) is 27.2 Å². The minimum atomic E-state index is -4.56. The number of hydrogen-bond acceptors (Lipinski definition) is 4. The monoisotopic (exact) mass is 353 g/mol. The van der Waals surface area contributed by atoms with E-state index in [0.29, 0.717) is 15.8 Å². The Morgan fingerprint density at radius 1 is 1.44 bits per heavy atom. The Labute approximate surface area is 140 Å². The lowest BCUT2D eigenvalue weighted by molar-refractivity contribution is -0.164. The number of hydrogen-bond donors (Lipinski definition) is 3. The lowest BCUT2D eigenvalue weighted by atomic mass is 10.1. The molecule has 0 fully saturated rings. The first-order valence-corrected chi connectivity index (χ1v) is 7.06. The Bertz CT molecular complexity index is 821. The summed E-state index contributed by atoms with van der Waals surface area (Å²) in [5, 5.41) is 23.8. The molecule has 1 aromatic carbocycles. The van der Waals surface area contributed by atoms with Crippen LogP contribution in [0, 0.1) is 11.3 Å². The first-order valence-electron chi connectivity index (χ1n) is 7.06. The number of aromatic nitrogens is 2. The Morgan fingerprint density at radius 2 is 2.04 bits per heavy atom. The smallest absolute Gasteiger partial charge is 0.410 e. The summed E-state index contributed by atoms with van der Waals surface area (Å²) in [5.74, 6) is -0.362. The summed E-state index contributed by atoms with van der Waals surface area (Å²) in [4.78, 5) is 10.5. The molecule has 0 saturated carbocycles. The number of rotatable bonds is 4. The molecular weight excluding hydrogens is 339 g/mol. The molecule has 132 valence electrons. The normalized spacial score (nSPS) is 12.4. The van der Waals surface area contributed by atoms with Crippen molar-refractivity contribution in [3.63, 3.8) is 0 Å². The van der Waals surface area contributed by atoms with Crippen LogP contribution in [0.25, 0.3) is 11.3 Å². The van der Waals surface area contributed by atoms with Crippen LogP contribution in [0.3, 0.4) is 0 Å². The van der Waals surface area contributed by atoms with Gasteiger partial charge in [0.2, 0.25) is 0 Å². The third-order valence-corrected chi connectivity index (χ3v) is 3.57. The quantitative estimate of drug-likeness (QED) is 0.781. The molecule has 10 heteroatoms. The lowest BCUT2D eigenvalue weighted by Gasteiger charge is -2.17. The van der Waals surface area contributed by atoms with Gasteiger partial charge in [0.1, 0.15) is 29.2 Å². The van der Waals surface area contributed by atoms with Gasteiger partial charge < -0.3 is 16.2 Å². The highest BCUT2D eigenvalue weighted by molar-refractivity contribution is 5.73. The Balaban J connectivity index is 2.39. The molecule has 1 aromatic heterocycles. The second kappa shape index (κ2) is 6.72. The Hall–Kier alpha value is -3.22. The average Bonchev–Trinajstić information content (AvgIpc) is 2.88. The zero-order chi connectivity index (χ0) is 18.8. The maximum atomic E-state index is 12.9. The highest BCUT2D eigenvalue weighted by Crippen LogP contribution is 2.35. The van der Waals surface area contributed by atoms with Crippen molar-refractivity contribution in [1.82, 2.24) is 15.1 Å². The van der Waals surface area contributed by atoms with Gasteiger partial charge in [-0.3, -0.25) is 0 Å². The van der Waals surface area contributed by atoms with E-state index in [4.69, 9.17) is 10.8 Å². The molecule has 7 nitrogen and oxygen atoms in total. The third kappa shape index (κ3) is 3.82. The maximum Gasteiger partial charge on any atom is 0.410 e. The first-order chi connectivity index (χ1) is 11.6. The van der Waals surface area contributed by atoms with Crippen LogP contribution in [-0.2, 0) is 6.54 Å². The third-order valence-electron chi connectivity index (χ3n) is 3.57. The van der Waals surface area contributed by atoms with E-state index >= 15 is 0 Å². The van der Waals surface area contributed by atoms with E-state index in [2.05, 4.69) is 10.4 Å². The summed E-state index contributed by atoms with van der Waals surface area (Å²) in [6, 6.07) is 6.02. The number of nitrogen functional groups attached to an aromatic ring is 1. The SMILES string of the molecule is C[C@H](n1nc(-c2ccc(CNC(=O)O)cc2)c(C#N)c1N)C(F)(F)F. The van der Waals surface area contributed by atoms with Crippen molar-refractivity contribution in [2.45, 2.75) is 25.7 Å². The van der Waals surface area contributed by atoms with Crippen LogP contribution >= 0.6 is 0 Å². The van der Waals surface area contributed by atoms with E-state index in [9.17, 15) is 23.2 Å². The topological polar surface area (TPSA) is 117 Å². The van der Waals surface area contributed by atoms with Gasteiger partial charge in [-0.15, -0.1) is 0 Å². The van der Waals surface area contributed by atoms with E-state index in [1.165, 1.54) is 12.1 Å². The number of nitriles is 1. The highest BCUT2D eigenvalue weighted by atomic mass is 19.4. The molecule has 2 aromatic rings. The van der Waals surface area contributed by atoms with Crippen molar-refractivity contribution in [2.24, 2.45) is 0 Å². The fourth-order valence-corrected chi connectivity index (χ4v) is 2.15. The fraction of sp³-hybridized carbons (Fsp3) is 0.267. The average molecular weight is 353 g/mol. The largest absolute Gasteiger partial charge is 0.465 e. The molecule has 1 atom stereocenters. The zero-order valence-corrected chi connectivity index (χ0v) is 13.0. The summed E-state index contributed by atoms with van der Waals surface area (Å²) in [7, 11) is 0. The number of carboxylic acid groups (broad SMARTS) is 1. The molecule has 0 aliphatic heterocycles. The fourth-order valence-electron chi connectivity index (χ4n) is 2.15. The number of anilines is 1. The predicted octanol–water partition coefficient (Wildman–Crippen LogP) is 2.89. The number of amides is 1. The number of alkyl halides is 3.